The maximum absolute atomic E-state index is 2.25. The molecule has 0 aliphatic heterocycles. The number of hydrogen-bond acceptors (Lipinski definition) is 1. The minimum Gasteiger partial charge on any atom is -0.134 e. The highest BCUT2D eigenvalue weighted by Crippen LogP contribution is 2.17. The summed E-state index contributed by atoms with van der Waals surface area (Å²) in [4.78, 5) is 0. The van der Waals surface area contributed by atoms with E-state index in [2.05, 4.69) is 49.6 Å². The van der Waals surface area contributed by atoms with Gasteiger partial charge in [0.2, 0.25) is 0 Å². The molecule has 1 aromatic carbocycles. The molecule has 0 fully saturated rings. The van der Waals surface area contributed by atoms with Crippen LogP contribution in [0.25, 0.3) is 5.57 Å². The summed E-state index contributed by atoms with van der Waals surface area (Å²) in [7, 11) is 0. The van der Waals surface area contributed by atoms with Crippen LogP contribution >= 0.6 is 11.8 Å². The zero-order valence-corrected chi connectivity index (χ0v) is 9.10. The van der Waals surface area contributed by atoms with Crippen LogP contribution < -0.4 is 0 Å². The molecule has 0 heterocycles. The van der Waals surface area contributed by atoms with Gasteiger partial charge in [-0.15, -0.1) is 11.8 Å². The minimum atomic E-state index is 1.21. The van der Waals surface area contributed by atoms with Crippen molar-refractivity contribution in [2.75, 3.05) is 5.75 Å². The van der Waals surface area contributed by atoms with Crippen LogP contribution in [0.3, 0.4) is 0 Å². The van der Waals surface area contributed by atoms with Crippen LogP contribution in [0.2, 0.25) is 0 Å². The molecule has 1 aromatic rings. The molecule has 13 heavy (non-hydrogen) atoms. The van der Waals surface area contributed by atoms with Crippen molar-refractivity contribution in [3.8, 4) is 0 Å². The Morgan fingerprint density at radius 3 is 2.62 bits per heavy atom. The third kappa shape index (κ3) is 3.69. The molecule has 0 aromatic heterocycles. The van der Waals surface area contributed by atoms with Crippen molar-refractivity contribution in [1.82, 2.24) is 0 Å². The van der Waals surface area contributed by atoms with Gasteiger partial charge in [-0.3, -0.25) is 0 Å². The van der Waals surface area contributed by atoms with E-state index in [4.69, 9.17) is 0 Å². The molecule has 70 valence electrons. The van der Waals surface area contributed by atoms with Gasteiger partial charge < -0.3 is 0 Å². The molecular formula is C12H16S. The number of thioether (sulfide) groups is 1. The van der Waals surface area contributed by atoms with Crippen LogP contribution in [0.1, 0.15) is 25.8 Å². The highest BCUT2D eigenvalue weighted by atomic mass is 32.2. The average Bonchev–Trinajstić information content (AvgIpc) is 2.19. The van der Waals surface area contributed by atoms with Gasteiger partial charge in [-0.05, 0) is 35.6 Å². The summed E-state index contributed by atoms with van der Waals surface area (Å²) >= 11 is 1.89. The largest absolute Gasteiger partial charge is 0.134 e. The topological polar surface area (TPSA) is 0 Å². The van der Waals surface area contributed by atoms with Crippen LogP contribution in [-0.4, -0.2) is 5.75 Å². The summed E-state index contributed by atoms with van der Waals surface area (Å²) in [6.07, 6.45) is 1.24. The highest BCUT2D eigenvalue weighted by Gasteiger charge is 1.92. The predicted molar refractivity (Wildman–Crippen MR) is 62.8 cm³/mol. The van der Waals surface area contributed by atoms with Crippen LogP contribution in [0.5, 0.6) is 0 Å². The lowest BCUT2D eigenvalue weighted by molar-refractivity contribution is 1.11. The maximum Gasteiger partial charge on any atom is -0.00285 e. The van der Waals surface area contributed by atoms with E-state index < -0.39 is 0 Å². The van der Waals surface area contributed by atoms with E-state index in [1.807, 2.05) is 11.8 Å². The number of rotatable bonds is 4. The first kappa shape index (κ1) is 10.4. The fourth-order valence-corrected chi connectivity index (χ4v) is 1.81. The molecule has 0 spiro atoms. The van der Waals surface area contributed by atoms with Crippen molar-refractivity contribution in [1.29, 1.82) is 0 Å². The normalized spacial score (nSPS) is 11.7. The Balaban J connectivity index is 2.57. The van der Waals surface area contributed by atoms with Crippen molar-refractivity contribution < 1.29 is 0 Å². The Morgan fingerprint density at radius 2 is 2.00 bits per heavy atom. The standard InChI is InChI=1S/C12H16S/c1-3-9-13-10-11(2)12-7-5-4-6-8-12/h4-8,10H,3,9H2,1-2H3/b11-10+. The Bertz CT molecular complexity index is 262. The Kier molecular flexibility index (Phi) is 4.69. The predicted octanol–water partition coefficient (Wildman–Crippen LogP) is 4.19. The van der Waals surface area contributed by atoms with E-state index in [-0.39, 0.29) is 0 Å². The molecular weight excluding hydrogens is 176 g/mol. The zero-order valence-electron chi connectivity index (χ0n) is 8.29. The van der Waals surface area contributed by atoms with Gasteiger partial charge in [0.05, 0.1) is 0 Å². The molecule has 0 radical (unpaired) electrons. The van der Waals surface area contributed by atoms with Crippen molar-refractivity contribution in [3.05, 3.63) is 41.3 Å². The lowest BCUT2D eigenvalue weighted by atomic mass is 10.1. The van der Waals surface area contributed by atoms with Crippen molar-refractivity contribution in [2.45, 2.75) is 20.3 Å². The highest BCUT2D eigenvalue weighted by molar-refractivity contribution is 8.02. The van der Waals surface area contributed by atoms with Gasteiger partial charge in [-0.1, -0.05) is 37.3 Å². The molecule has 0 saturated carbocycles. The van der Waals surface area contributed by atoms with Crippen molar-refractivity contribution >= 4 is 17.3 Å². The summed E-state index contributed by atoms with van der Waals surface area (Å²) in [6, 6.07) is 10.5. The second kappa shape index (κ2) is 5.87. The van der Waals surface area contributed by atoms with Crippen LogP contribution in [-0.2, 0) is 0 Å². The van der Waals surface area contributed by atoms with E-state index >= 15 is 0 Å². The van der Waals surface area contributed by atoms with Gasteiger partial charge in [0, 0.05) is 0 Å². The molecule has 0 bridgehead atoms. The summed E-state index contributed by atoms with van der Waals surface area (Å²) < 4.78 is 0. The first-order valence-electron chi connectivity index (χ1n) is 4.68. The monoisotopic (exact) mass is 192 g/mol. The molecule has 1 rings (SSSR count). The fourth-order valence-electron chi connectivity index (χ4n) is 1.07. The second-order valence-electron chi connectivity index (χ2n) is 3.04. The second-order valence-corrected chi connectivity index (χ2v) is 4.01. The molecule has 0 saturated heterocycles. The first-order valence-corrected chi connectivity index (χ1v) is 5.73. The van der Waals surface area contributed by atoms with Gasteiger partial charge in [0.25, 0.3) is 0 Å². The van der Waals surface area contributed by atoms with Crippen molar-refractivity contribution in [2.24, 2.45) is 0 Å². The molecule has 0 aliphatic carbocycles. The third-order valence-corrected chi connectivity index (χ3v) is 2.98. The van der Waals surface area contributed by atoms with E-state index in [0.717, 1.165) is 0 Å². The summed E-state index contributed by atoms with van der Waals surface area (Å²) in [6.45, 7) is 4.37. The minimum absolute atomic E-state index is 1.21. The summed E-state index contributed by atoms with van der Waals surface area (Å²) in [5, 5.41) is 2.25. The SMILES string of the molecule is CCCS/C=C(\C)c1ccccc1. The van der Waals surface area contributed by atoms with E-state index in [1.165, 1.54) is 23.3 Å². The maximum atomic E-state index is 2.25. The van der Waals surface area contributed by atoms with Gasteiger partial charge in [-0.2, -0.15) is 0 Å². The number of benzene rings is 1. The smallest absolute Gasteiger partial charge is 0.00285 e. The Hall–Kier alpha value is -0.690. The number of hydrogen-bond donors (Lipinski definition) is 0. The van der Waals surface area contributed by atoms with Crippen LogP contribution in [0.15, 0.2) is 35.7 Å². The molecule has 0 N–H and O–H groups in total. The van der Waals surface area contributed by atoms with Crippen LogP contribution in [0, 0.1) is 0 Å². The van der Waals surface area contributed by atoms with Gasteiger partial charge >= 0.3 is 0 Å². The van der Waals surface area contributed by atoms with Gasteiger partial charge in [0.15, 0.2) is 0 Å². The van der Waals surface area contributed by atoms with Gasteiger partial charge in [-0.25, -0.2) is 0 Å². The summed E-state index contributed by atoms with van der Waals surface area (Å²) in [5.41, 5.74) is 2.69. The molecule has 0 unspecified atom stereocenters. The fraction of sp³-hybridized carbons (Fsp3) is 0.333. The third-order valence-electron chi connectivity index (χ3n) is 1.81. The molecule has 0 amide bonds. The average molecular weight is 192 g/mol. The summed E-state index contributed by atoms with van der Waals surface area (Å²) in [5.74, 6) is 1.21. The zero-order chi connectivity index (χ0) is 9.52. The van der Waals surface area contributed by atoms with E-state index in [1.54, 1.807) is 0 Å². The molecule has 0 atom stereocenters. The quantitative estimate of drug-likeness (QED) is 0.644. The molecule has 0 nitrogen and oxygen atoms in total. The molecule has 1 heteroatoms. The molecule has 0 aliphatic rings. The van der Waals surface area contributed by atoms with Gasteiger partial charge in [0.1, 0.15) is 0 Å². The number of allylic oxidation sites excluding steroid dienone is 1. The lowest BCUT2D eigenvalue weighted by Crippen LogP contribution is -1.77. The van der Waals surface area contributed by atoms with Crippen molar-refractivity contribution in [3.63, 3.8) is 0 Å². The van der Waals surface area contributed by atoms with Crippen LogP contribution in [0.4, 0.5) is 0 Å². The first-order chi connectivity index (χ1) is 6.34. The Morgan fingerprint density at radius 1 is 1.31 bits per heavy atom. The lowest BCUT2D eigenvalue weighted by Gasteiger charge is -2.00. The Labute approximate surface area is 85.1 Å². The van der Waals surface area contributed by atoms with E-state index in [0.29, 0.717) is 0 Å². The van der Waals surface area contributed by atoms with E-state index in [9.17, 15) is 0 Å².